The minimum atomic E-state index is -0.109. The van der Waals surface area contributed by atoms with Gasteiger partial charge in [-0.05, 0) is 24.6 Å². The normalized spacial score (nSPS) is 10.5. The lowest BCUT2D eigenvalue weighted by Gasteiger charge is -2.15. The van der Waals surface area contributed by atoms with Crippen LogP contribution in [0.25, 0.3) is 11.3 Å². The van der Waals surface area contributed by atoms with Crippen molar-refractivity contribution in [3.8, 4) is 11.3 Å². The number of benzene rings is 1. The van der Waals surface area contributed by atoms with Crippen molar-refractivity contribution < 1.29 is 4.79 Å². The van der Waals surface area contributed by atoms with Crippen molar-refractivity contribution in [2.45, 2.75) is 13.5 Å². The Morgan fingerprint density at radius 1 is 1.17 bits per heavy atom. The molecular weight excluding hydrogens is 288 g/mol. The molecule has 0 aliphatic rings. The number of nitrogens with zero attached hydrogens (tertiary/aromatic N) is 3. The summed E-state index contributed by atoms with van der Waals surface area (Å²) in [6.45, 7) is 2.44. The topological polar surface area (TPSA) is 61.9 Å². The number of aryl methyl sites for hydroxylation is 1. The first-order valence-corrected chi connectivity index (χ1v) is 7.41. The maximum absolute atomic E-state index is 12.5. The van der Waals surface area contributed by atoms with Crippen molar-refractivity contribution in [1.29, 1.82) is 0 Å². The minimum absolute atomic E-state index is 0.109. The first kappa shape index (κ1) is 15.0. The SMILES string of the molecule is Cc1ccc(CN(C)C(=O)c2cc(-c3ccccc3)n[nH]2)nc1. The predicted molar refractivity (Wildman–Crippen MR) is 88.8 cm³/mol. The average Bonchev–Trinajstić information content (AvgIpc) is 3.07. The molecule has 0 radical (unpaired) electrons. The van der Waals surface area contributed by atoms with Crippen LogP contribution in [0.5, 0.6) is 0 Å². The molecule has 3 aromatic rings. The van der Waals surface area contributed by atoms with Gasteiger partial charge in [0.2, 0.25) is 0 Å². The lowest BCUT2D eigenvalue weighted by molar-refractivity contribution is 0.0777. The second kappa shape index (κ2) is 6.44. The number of aromatic nitrogens is 3. The molecule has 2 aromatic heterocycles. The molecule has 116 valence electrons. The number of hydrogen-bond acceptors (Lipinski definition) is 3. The maximum Gasteiger partial charge on any atom is 0.271 e. The van der Waals surface area contributed by atoms with E-state index in [0.717, 1.165) is 22.5 Å². The van der Waals surface area contributed by atoms with Gasteiger partial charge in [-0.25, -0.2) is 0 Å². The Morgan fingerprint density at radius 3 is 2.65 bits per heavy atom. The van der Waals surface area contributed by atoms with E-state index in [1.165, 1.54) is 0 Å². The van der Waals surface area contributed by atoms with Gasteiger partial charge in [0, 0.05) is 18.8 Å². The molecule has 0 aliphatic heterocycles. The van der Waals surface area contributed by atoms with Crippen molar-refractivity contribution in [1.82, 2.24) is 20.1 Å². The quantitative estimate of drug-likeness (QED) is 0.806. The van der Waals surface area contributed by atoms with Crippen LogP contribution < -0.4 is 0 Å². The van der Waals surface area contributed by atoms with Crippen LogP contribution in [0.2, 0.25) is 0 Å². The first-order chi connectivity index (χ1) is 11.1. The Balaban J connectivity index is 1.72. The molecule has 23 heavy (non-hydrogen) atoms. The highest BCUT2D eigenvalue weighted by molar-refractivity contribution is 5.93. The fraction of sp³-hybridized carbons (Fsp3) is 0.167. The third-order valence-electron chi connectivity index (χ3n) is 3.60. The molecule has 0 saturated heterocycles. The lowest BCUT2D eigenvalue weighted by Crippen LogP contribution is -2.26. The number of nitrogens with one attached hydrogen (secondary N) is 1. The van der Waals surface area contributed by atoms with Crippen molar-refractivity contribution >= 4 is 5.91 Å². The number of carbonyl (C=O) groups excluding carboxylic acids is 1. The third kappa shape index (κ3) is 3.45. The molecule has 0 saturated carbocycles. The first-order valence-electron chi connectivity index (χ1n) is 7.41. The van der Waals surface area contributed by atoms with E-state index >= 15 is 0 Å². The van der Waals surface area contributed by atoms with Gasteiger partial charge < -0.3 is 4.90 Å². The van der Waals surface area contributed by atoms with Gasteiger partial charge >= 0.3 is 0 Å². The Hall–Kier alpha value is -2.95. The van der Waals surface area contributed by atoms with Crippen LogP contribution in [0.1, 0.15) is 21.7 Å². The monoisotopic (exact) mass is 306 g/mol. The molecule has 2 heterocycles. The number of H-pyrrole nitrogens is 1. The van der Waals surface area contributed by atoms with Gasteiger partial charge in [-0.1, -0.05) is 36.4 Å². The van der Waals surface area contributed by atoms with Gasteiger partial charge in [0.25, 0.3) is 5.91 Å². The van der Waals surface area contributed by atoms with Crippen LogP contribution in [-0.4, -0.2) is 33.0 Å². The van der Waals surface area contributed by atoms with Crippen molar-refractivity contribution in [2.75, 3.05) is 7.05 Å². The largest absolute Gasteiger partial charge is 0.334 e. The summed E-state index contributed by atoms with van der Waals surface area (Å²) in [7, 11) is 1.76. The van der Waals surface area contributed by atoms with E-state index in [9.17, 15) is 4.79 Å². The van der Waals surface area contributed by atoms with Crippen LogP contribution in [0.15, 0.2) is 54.7 Å². The zero-order valence-electron chi connectivity index (χ0n) is 13.2. The second-order valence-corrected chi connectivity index (χ2v) is 5.52. The number of amides is 1. The summed E-state index contributed by atoms with van der Waals surface area (Å²) in [6, 6.07) is 15.5. The smallest absolute Gasteiger partial charge is 0.271 e. The average molecular weight is 306 g/mol. The summed E-state index contributed by atoms with van der Waals surface area (Å²) in [4.78, 5) is 18.4. The van der Waals surface area contributed by atoms with E-state index < -0.39 is 0 Å². The standard InChI is InChI=1S/C18H18N4O/c1-13-8-9-15(19-11-13)12-22(2)18(23)17-10-16(20-21-17)14-6-4-3-5-7-14/h3-11H,12H2,1-2H3,(H,20,21). The molecule has 5 heteroatoms. The van der Waals surface area contributed by atoms with Crippen molar-refractivity contribution in [2.24, 2.45) is 0 Å². The van der Waals surface area contributed by atoms with E-state index in [-0.39, 0.29) is 5.91 Å². The Labute approximate surface area is 135 Å². The van der Waals surface area contributed by atoms with Crippen LogP contribution in [0, 0.1) is 6.92 Å². The molecule has 0 unspecified atom stereocenters. The minimum Gasteiger partial charge on any atom is -0.334 e. The maximum atomic E-state index is 12.5. The Bertz CT molecular complexity index is 793. The molecule has 0 bridgehead atoms. The molecule has 1 N–H and O–H groups in total. The second-order valence-electron chi connectivity index (χ2n) is 5.52. The van der Waals surface area contributed by atoms with E-state index in [2.05, 4.69) is 15.2 Å². The number of pyridine rings is 1. The Kier molecular flexibility index (Phi) is 4.19. The van der Waals surface area contributed by atoms with Gasteiger partial charge in [0.05, 0.1) is 17.9 Å². The summed E-state index contributed by atoms with van der Waals surface area (Å²) < 4.78 is 0. The molecule has 0 spiro atoms. The number of rotatable bonds is 4. The fourth-order valence-corrected chi connectivity index (χ4v) is 2.30. The Morgan fingerprint density at radius 2 is 1.96 bits per heavy atom. The lowest BCUT2D eigenvalue weighted by atomic mass is 10.1. The highest BCUT2D eigenvalue weighted by atomic mass is 16.2. The molecule has 0 aliphatic carbocycles. The van der Waals surface area contributed by atoms with E-state index in [1.54, 1.807) is 24.2 Å². The molecule has 0 fully saturated rings. The van der Waals surface area contributed by atoms with E-state index in [1.807, 2.05) is 49.4 Å². The van der Waals surface area contributed by atoms with Crippen LogP contribution in [-0.2, 0) is 6.54 Å². The van der Waals surface area contributed by atoms with Crippen LogP contribution >= 0.6 is 0 Å². The fourth-order valence-electron chi connectivity index (χ4n) is 2.30. The van der Waals surface area contributed by atoms with Crippen molar-refractivity contribution in [3.05, 3.63) is 71.7 Å². The van der Waals surface area contributed by atoms with Gasteiger partial charge in [-0.15, -0.1) is 0 Å². The molecule has 3 rings (SSSR count). The summed E-state index contributed by atoms with van der Waals surface area (Å²) in [6.07, 6.45) is 1.80. The van der Waals surface area contributed by atoms with Crippen LogP contribution in [0.4, 0.5) is 0 Å². The summed E-state index contributed by atoms with van der Waals surface area (Å²) >= 11 is 0. The van der Waals surface area contributed by atoms with Gasteiger partial charge in [0.15, 0.2) is 0 Å². The van der Waals surface area contributed by atoms with Gasteiger partial charge in [-0.2, -0.15) is 5.10 Å². The molecule has 1 amide bonds. The molecular formula is C18H18N4O. The summed E-state index contributed by atoms with van der Waals surface area (Å²) in [5, 5.41) is 7.04. The molecule has 1 aromatic carbocycles. The third-order valence-corrected chi connectivity index (χ3v) is 3.60. The number of aromatic amines is 1. The van der Waals surface area contributed by atoms with Gasteiger partial charge in [-0.3, -0.25) is 14.9 Å². The van der Waals surface area contributed by atoms with Crippen molar-refractivity contribution in [3.63, 3.8) is 0 Å². The molecule has 5 nitrogen and oxygen atoms in total. The highest BCUT2D eigenvalue weighted by Gasteiger charge is 2.16. The zero-order valence-corrected chi connectivity index (χ0v) is 13.2. The van der Waals surface area contributed by atoms with Gasteiger partial charge in [0.1, 0.15) is 5.69 Å². The summed E-state index contributed by atoms with van der Waals surface area (Å²) in [5.41, 5.74) is 4.16. The zero-order chi connectivity index (χ0) is 16.2. The van der Waals surface area contributed by atoms with E-state index in [0.29, 0.717) is 12.2 Å². The summed E-state index contributed by atoms with van der Waals surface area (Å²) in [5.74, 6) is -0.109. The van der Waals surface area contributed by atoms with Crippen LogP contribution in [0.3, 0.4) is 0 Å². The highest BCUT2D eigenvalue weighted by Crippen LogP contribution is 2.17. The number of hydrogen-bond donors (Lipinski definition) is 1. The van der Waals surface area contributed by atoms with E-state index in [4.69, 9.17) is 0 Å². The number of carbonyl (C=O) groups is 1. The molecule has 0 atom stereocenters. The predicted octanol–water partition coefficient (Wildman–Crippen LogP) is 3.05.